The fourth-order valence-electron chi connectivity index (χ4n) is 3.49. The van der Waals surface area contributed by atoms with Crippen LogP contribution >= 0.6 is 0 Å². The minimum atomic E-state index is -1.02. The molecule has 3 rings (SSSR count). The molecule has 3 N–H and O–H groups in total. The van der Waals surface area contributed by atoms with E-state index in [-0.39, 0.29) is 30.5 Å². The number of nitrogens with zero attached hydrogens (tertiary/aromatic N) is 1. The molecule has 1 aliphatic rings. The number of amides is 2. The molecule has 148 valence electrons. The van der Waals surface area contributed by atoms with E-state index in [9.17, 15) is 19.8 Å². The maximum Gasteiger partial charge on any atom is 0.251 e. The first-order valence-electron chi connectivity index (χ1n) is 9.56. The molecule has 1 atom stereocenters. The molecule has 6 nitrogen and oxygen atoms in total. The maximum absolute atomic E-state index is 12.6. The van der Waals surface area contributed by atoms with Crippen LogP contribution in [0.25, 0.3) is 0 Å². The largest absolute Gasteiger partial charge is 0.508 e. The van der Waals surface area contributed by atoms with E-state index in [2.05, 4.69) is 5.32 Å². The Kier molecular flexibility index (Phi) is 6.31. The van der Waals surface area contributed by atoms with Crippen molar-refractivity contribution >= 4 is 11.8 Å². The lowest BCUT2D eigenvalue weighted by Gasteiger charge is -2.27. The number of hydrogen-bond acceptors (Lipinski definition) is 4. The van der Waals surface area contributed by atoms with Gasteiger partial charge in [-0.05, 0) is 49.1 Å². The summed E-state index contributed by atoms with van der Waals surface area (Å²) in [5.41, 5.74) is 0.298. The molecule has 28 heavy (non-hydrogen) atoms. The van der Waals surface area contributed by atoms with Crippen LogP contribution in [0.1, 0.15) is 35.2 Å². The van der Waals surface area contributed by atoms with Crippen molar-refractivity contribution in [1.29, 1.82) is 0 Å². The quantitative estimate of drug-likeness (QED) is 0.739. The lowest BCUT2D eigenvalue weighted by molar-refractivity contribution is -0.130. The molecule has 0 aliphatic carbocycles. The van der Waals surface area contributed by atoms with Crippen LogP contribution in [0.3, 0.4) is 0 Å². The first-order chi connectivity index (χ1) is 13.5. The van der Waals surface area contributed by atoms with Gasteiger partial charge in [0.2, 0.25) is 5.91 Å². The fraction of sp³-hybridized carbons (Fsp3) is 0.364. The van der Waals surface area contributed by atoms with Crippen molar-refractivity contribution in [2.75, 3.05) is 19.6 Å². The van der Waals surface area contributed by atoms with Gasteiger partial charge in [-0.25, -0.2) is 0 Å². The Bertz CT molecular complexity index is 824. The van der Waals surface area contributed by atoms with E-state index in [1.807, 2.05) is 12.1 Å². The number of aliphatic hydroxyl groups is 1. The molecule has 0 saturated carbocycles. The Morgan fingerprint density at radius 2 is 1.82 bits per heavy atom. The molecule has 2 aromatic carbocycles. The van der Waals surface area contributed by atoms with Crippen LogP contribution in [0, 0.1) is 0 Å². The molecule has 0 spiro atoms. The number of nitrogens with one attached hydrogen (secondary N) is 1. The Hall–Kier alpha value is -2.86. The average Bonchev–Trinajstić information content (AvgIpc) is 2.89. The molecule has 6 heteroatoms. The second kappa shape index (κ2) is 8.89. The van der Waals surface area contributed by atoms with Crippen LogP contribution in [0.5, 0.6) is 5.75 Å². The molecule has 1 aliphatic heterocycles. The number of hydrogen-bond donors (Lipinski definition) is 3. The van der Waals surface area contributed by atoms with Crippen molar-refractivity contribution in [3.63, 3.8) is 0 Å². The smallest absolute Gasteiger partial charge is 0.251 e. The highest BCUT2D eigenvalue weighted by atomic mass is 16.3. The standard InChI is InChI=1S/C22H26N2O4/c25-19-9-4-6-17(14-19)15-20(26)24-12-5-10-22(28,11-13-24)16-23-21(27)18-7-2-1-3-8-18/h1-4,6-9,14,25,28H,5,10-13,15-16H2,(H,23,27). The SMILES string of the molecule is O=C(NCC1(O)CCCN(C(=O)Cc2cccc(O)c2)CC1)c1ccccc1. The molecule has 0 aromatic heterocycles. The number of carbonyl (C=O) groups excluding carboxylic acids is 2. The number of phenolic OH excluding ortho intramolecular Hbond substituents is 1. The first kappa shape index (κ1) is 19.9. The zero-order chi connectivity index (χ0) is 20.0. The highest BCUT2D eigenvalue weighted by Gasteiger charge is 2.32. The van der Waals surface area contributed by atoms with Gasteiger partial charge in [-0.2, -0.15) is 0 Å². The predicted octanol–water partition coefficient (Wildman–Crippen LogP) is 2.11. The Morgan fingerprint density at radius 1 is 1.04 bits per heavy atom. The van der Waals surface area contributed by atoms with Gasteiger partial charge in [0.15, 0.2) is 0 Å². The van der Waals surface area contributed by atoms with Crippen LogP contribution in [-0.4, -0.2) is 52.2 Å². The third-order valence-corrected chi connectivity index (χ3v) is 5.15. The fourth-order valence-corrected chi connectivity index (χ4v) is 3.49. The van der Waals surface area contributed by atoms with Gasteiger partial charge in [0.1, 0.15) is 5.75 Å². The van der Waals surface area contributed by atoms with Gasteiger partial charge >= 0.3 is 0 Å². The van der Waals surface area contributed by atoms with Crippen molar-refractivity contribution in [3.05, 3.63) is 65.7 Å². The number of aromatic hydroxyl groups is 1. The van der Waals surface area contributed by atoms with Crippen molar-refractivity contribution in [2.45, 2.75) is 31.3 Å². The highest BCUT2D eigenvalue weighted by molar-refractivity contribution is 5.94. The molecule has 1 unspecified atom stereocenters. The van der Waals surface area contributed by atoms with Gasteiger partial charge in [-0.3, -0.25) is 9.59 Å². The molecule has 2 amide bonds. The van der Waals surface area contributed by atoms with Crippen LogP contribution in [-0.2, 0) is 11.2 Å². The minimum absolute atomic E-state index is 0.0248. The molecule has 1 saturated heterocycles. The number of likely N-dealkylation sites (tertiary alicyclic amines) is 1. The monoisotopic (exact) mass is 382 g/mol. The van der Waals surface area contributed by atoms with Crippen LogP contribution in [0.15, 0.2) is 54.6 Å². The van der Waals surface area contributed by atoms with E-state index < -0.39 is 5.60 Å². The lowest BCUT2D eigenvalue weighted by atomic mass is 9.94. The topological polar surface area (TPSA) is 89.9 Å². The van der Waals surface area contributed by atoms with Crippen LogP contribution < -0.4 is 5.32 Å². The van der Waals surface area contributed by atoms with Gasteiger partial charge < -0.3 is 20.4 Å². The van der Waals surface area contributed by atoms with Crippen molar-refractivity contribution in [3.8, 4) is 5.75 Å². The van der Waals surface area contributed by atoms with Crippen molar-refractivity contribution < 1.29 is 19.8 Å². The van der Waals surface area contributed by atoms with Gasteiger partial charge in [-0.15, -0.1) is 0 Å². The molecule has 1 heterocycles. The zero-order valence-corrected chi connectivity index (χ0v) is 15.8. The molecular weight excluding hydrogens is 356 g/mol. The van der Waals surface area contributed by atoms with Crippen molar-refractivity contribution in [1.82, 2.24) is 10.2 Å². The van der Waals surface area contributed by atoms with Gasteiger partial charge in [-0.1, -0.05) is 30.3 Å². The van der Waals surface area contributed by atoms with Crippen LogP contribution in [0.4, 0.5) is 0 Å². The van der Waals surface area contributed by atoms with E-state index in [4.69, 9.17) is 0 Å². The molecular formula is C22H26N2O4. The van der Waals surface area contributed by atoms with Crippen molar-refractivity contribution in [2.24, 2.45) is 0 Å². The summed E-state index contributed by atoms with van der Waals surface area (Å²) in [6.07, 6.45) is 1.83. The summed E-state index contributed by atoms with van der Waals surface area (Å²) in [5, 5.41) is 23.2. The Labute approximate surface area is 164 Å². The predicted molar refractivity (Wildman–Crippen MR) is 106 cm³/mol. The normalized spacial score (nSPS) is 19.7. The second-order valence-corrected chi connectivity index (χ2v) is 7.35. The van der Waals surface area contributed by atoms with Crippen LogP contribution in [0.2, 0.25) is 0 Å². The zero-order valence-electron chi connectivity index (χ0n) is 15.8. The Morgan fingerprint density at radius 3 is 2.57 bits per heavy atom. The van der Waals surface area contributed by atoms with E-state index in [0.717, 1.165) is 5.56 Å². The minimum Gasteiger partial charge on any atom is -0.508 e. The third-order valence-electron chi connectivity index (χ3n) is 5.15. The number of phenols is 1. The maximum atomic E-state index is 12.6. The summed E-state index contributed by atoms with van der Waals surface area (Å²) >= 11 is 0. The Balaban J connectivity index is 1.53. The van der Waals surface area contributed by atoms with Gasteiger partial charge in [0.05, 0.1) is 12.0 Å². The molecule has 1 fully saturated rings. The lowest BCUT2D eigenvalue weighted by Crippen LogP contribution is -2.44. The number of rotatable bonds is 5. The number of carbonyl (C=O) groups is 2. The number of benzene rings is 2. The molecule has 0 bridgehead atoms. The molecule has 2 aromatic rings. The van der Waals surface area contributed by atoms with E-state index >= 15 is 0 Å². The summed E-state index contributed by atoms with van der Waals surface area (Å²) in [6, 6.07) is 15.6. The second-order valence-electron chi connectivity index (χ2n) is 7.35. The summed E-state index contributed by atoms with van der Waals surface area (Å²) in [7, 11) is 0. The first-order valence-corrected chi connectivity index (χ1v) is 9.56. The van der Waals surface area contributed by atoms with E-state index in [0.29, 0.717) is 37.9 Å². The summed E-state index contributed by atoms with van der Waals surface area (Å²) in [5.74, 6) is -0.0945. The van der Waals surface area contributed by atoms with Gasteiger partial charge in [0, 0.05) is 25.2 Å². The summed E-state index contributed by atoms with van der Waals surface area (Å²) in [4.78, 5) is 26.5. The summed E-state index contributed by atoms with van der Waals surface area (Å²) < 4.78 is 0. The average molecular weight is 382 g/mol. The third kappa shape index (κ3) is 5.33. The molecule has 0 radical (unpaired) electrons. The van der Waals surface area contributed by atoms with E-state index in [1.54, 1.807) is 47.4 Å². The van der Waals surface area contributed by atoms with E-state index in [1.165, 1.54) is 0 Å². The summed E-state index contributed by atoms with van der Waals surface area (Å²) in [6.45, 7) is 1.18. The van der Waals surface area contributed by atoms with Gasteiger partial charge in [0.25, 0.3) is 5.91 Å². The highest BCUT2D eigenvalue weighted by Crippen LogP contribution is 2.23.